The number of nitrogens with one attached hydrogen (secondary N) is 1. The molecule has 1 aliphatic heterocycles. The maximum atomic E-state index is 13.7. The van der Waals surface area contributed by atoms with Crippen molar-refractivity contribution in [3.63, 3.8) is 0 Å². The fourth-order valence-corrected chi connectivity index (χ4v) is 5.58. The molecule has 2 heterocycles. The van der Waals surface area contributed by atoms with Gasteiger partial charge in [0.1, 0.15) is 6.67 Å². The highest BCUT2D eigenvalue weighted by Crippen LogP contribution is 2.42. The van der Waals surface area contributed by atoms with Gasteiger partial charge in [-0.3, -0.25) is 0 Å². The van der Waals surface area contributed by atoms with E-state index in [1.165, 1.54) is 28.6 Å². The van der Waals surface area contributed by atoms with Crippen molar-refractivity contribution in [1.82, 2.24) is 9.97 Å². The summed E-state index contributed by atoms with van der Waals surface area (Å²) in [6.07, 6.45) is 0. The van der Waals surface area contributed by atoms with Gasteiger partial charge < -0.3 is 15.6 Å². The lowest BCUT2D eigenvalue weighted by molar-refractivity contribution is 0.592. The van der Waals surface area contributed by atoms with Gasteiger partial charge in [-0.2, -0.15) is 0 Å². The average Bonchev–Trinajstić information content (AvgIpc) is 3.26. The summed E-state index contributed by atoms with van der Waals surface area (Å²) < 4.78 is 28.6. The Kier molecular flexibility index (Phi) is 4.61. The van der Waals surface area contributed by atoms with Crippen LogP contribution in [0.25, 0.3) is 21.8 Å². The van der Waals surface area contributed by atoms with Crippen LogP contribution in [0.5, 0.6) is 0 Å². The largest absolute Gasteiger partial charge is 0.761 e. The van der Waals surface area contributed by atoms with Crippen LogP contribution in [0.1, 0.15) is 0 Å². The Labute approximate surface area is 195 Å². The highest BCUT2D eigenvalue weighted by Gasteiger charge is 2.38. The zero-order chi connectivity index (χ0) is 23.3. The van der Waals surface area contributed by atoms with E-state index in [1.807, 2.05) is 65.6 Å². The molecule has 1 aromatic heterocycles. The third kappa shape index (κ3) is 3.21. The Balaban J connectivity index is 1.54. The molecule has 4 aromatic carbocycles. The second-order valence-corrected chi connectivity index (χ2v) is 9.81. The number of sulfonamides is 1. The topological polar surface area (TPSA) is 101 Å². The summed E-state index contributed by atoms with van der Waals surface area (Å²) in [6, 6.07) is 27.1. The minimum Gasteiger partial charge on any atom is -0.761 e. The van der Waals surface area contributed by atoms with Gasteiger partial charge in [0.05, 0.1) is 15.9 Å². The lowest BCUT2D eigenvalue weighted by Gasteiger charge is -2.21. The quantitative estimate of drug-likeness (QED) is 0.371. The summed E-state index contributed by atoms with van der Waals surface area (Å²) in [6.45, 7) is 0.00135. The lowest BCUT2D eigenvalue weighted by atomic mass is 10.1. The van der Waals surface area contributed by atoms with E-state index < -0.39 is 10.0 Å². The van der Waals surface area contributed by atoms with Crippen LogP contribution in [0.2, 0.25) is 0 Å². The number of fused-ring (bicyclic) bond motifs is 3. The molecule has 1 aliphatic rings. The van der Waals surface area contributed by atoms with Crippen molar-refractivity contribution in [3.8, 4) is 0 Å². The van der Waals surface area contributed by atoms with Crippen LogP contribution in [0, 0.1) is 5.21 Å². The predicted octanol–water partition coefficient (Wildman–Crippen LogP) is 5.00. The van der Waals surface area contributed by atoms with E-state index in [2.05, 4.69) is 4.98 Å². The highest BCUT2D eigenvalue weighted by atomic mass is 32.2. The third-order valence-electron chi connectivity index (χ3n) is 5.88. The van der Waals surface area contributed by atoms with Crippen molar-refractivity contribution in [2.75, 3.05) is 21.4 Å². The van der Waals surface area contributed by atoms with E-state index in [0.717, 1.165) is 16.5 Å². The molecule has 1 N–H and O–H groups in total. The molecule has 0 aliphatic carbocycles. The van der Waals surface area contributed by atoms with Crippen LogP contribution in [0.15, 0.2) is 95.9 Å². The zero-order valence-electron chi connectivity index (χ0n) is 17.8. The van der Waals surface area contributed by atoms with E-state index in [9.17, 15) is 13.6 Å². The molecule has 0 unspecified atom stereocenters. The first kappa shape index (κ1) is 20.4. The Morgan fingerprint density at radius 3 is 2.24 bits per heavy atom. The fourth-order valence-electron chi connectivity index (χ4n) is 4.18. The van der Waals surface area contributed by atoms with Crippen LogP contribution in [0.4, 0.5) is 23.0 Å². The van der Waals surface area contributed by atoms with Gasteiger partial charge in [0, 0.05) is 11.4 Å². The smallest absolute Gasteiger partial charge is 0.267 e. The van der Waals surface area contributed by atoms with Gasteiger partial charge in [-0.25, -0.2) is 22.7 Å². The summed E-state index contributed by atoms with van der Waals surface area (Å²) in [7, 11) is -4.03. The summed E-state index contributed by atoms with van der Waals surface area (Å²) >= 11 is 0. The number of nitrogens with zero attached hydrogens (tertiary/aromatic N) is 4. The van der Waals surface area contributed by atoms with Gasteiger partial charge in [-0.05, 0) is 53.2 Å². The van der Waals surface area contributed by atoms with E-state index in [-0.39, 0.29) is 23.1 Å². The Morgan fingerprint density at radius 1 is 0.765 bits per heavy atom. The van der Waals surface area contributed by atoms with Crippen LogP contribution in [-0.4, -0.2) is 25.1 Å². The van der Waals surface area contributed by atoms with Gasteiger partial charge in [-0.15, -0.1) is 0 Å². The summed E-state index contributed by atoms with van der Waals surface area (Å²) in [5, 5.41) is 13.3. The molecule has 9 heteroatoms. The van der Waals surface area contributed by atoms with Gasteiger partial charge >= 0.3 is 0 Å². The number of rotatable bonds is 4. The molecule has 0 saturated heterocycles. The molecule has 0 fully saturated rings. The summed E-state index contributed by atoms with van der Waals surface area (Å²) in [4.78, 5) is 11.3. The molecule has 0 bridgehead atoms. The minimum atomic E-state index is -4.03. The molecule has 6 rings (SSSR count). The van der Waals surface area contributed by atoms with Crippen molar-refractivity contribution in [2.24, 2.45) is 0 Å². The third-order valence-corrected chi connectivity index (χ3v) is 7.60. The van der Waals surface area contributed by atoms with Crippen LogP contribution in [0.3, 0.4) is 0 Å². The zero-order valence-corrected chi connectivity index (χ0v) is 18.6. The minimum absolute atomic E-state index is 0.00135. The highest BCUT2D eigenvalue weighted by molar-refractivity contribution is 7.92. The molecule has 0 amide bonds. The van der Waals surface area contributed by atoms with Crippen LogP contribution < -0.4 is 14.7 Å². The SMILES string of the molecule is O=S(=O)(c1cccc(N[O-])c1)N1CN(c2ccc3ccccc3c2)c2nc3ccccc3nc21. The van der Waals surface area contributed by atoms with E-state index in [1.54, 1.807) is 11.5 Å². The lowest BCUT2D eigenvalue weighted by Crippen LogP contribution is -2.34. The van der Waals surface area contributed by atoms with Crippen molar-refractivity contribution >= 4 is 54.8 Å². The van der Waals surface area contributed by atoms with Crippen molar-refractivity contribution in [1.29, 1.82) is 0 Å². The van der Waals surface area contributed by atoms with Gasteiger partial charge in [-0.1, -0.05) is 48.5 Å². The second kappa shape index (κ2) is 7.68. The van der Waals surface area contributed by atoms with Crippen molar-refractivity contribution < 1.29 is 8.42 Å². The van der Waals surface area contributed by atoms with Crippen LogP contribution >= 0.6 is 0 Å². The number of anilines is 4. The molecular weight excluding hydrogens is 450 g/mol. The standard InChI is InChI=1S/C25H18N5O3S/c31-28-19-8-5-9-21(15-19)34(32,33)30-16-29(20-13-12-17-6-1-2-7-18(17)14-20)24-25(30)27-23-11-4-3-10-22(23)26-24/h1-15,28H,16H2/q-1. The van der Waals surface area contributed by atoms with E-state index >= 15 is 0 Å². The fraction of sp³-hybridized carbons (Fsp3) is 0.0400. The van der Waals surface area contributed by atoms with E-state index in [4.69, 9.17) is 4.98 Å². The van der Waals surface area contributed by atoms with Crippen LogP contribution in [-0.2, 0) is 10.0 Å². The second-order valence-electron chi connectivity index (χ2n) is 7.94. The Hall–Kier alpha value is -4.21. The molecular formula is C25H18N5O3S-. The monoisotopic (exact) mass is 468 g/mol. The maximum absolute atomic E-state index is 13.7. The summed E-state index contributed by atoms with van der Waals surface area (Å²) in [5.41, 5.74) is 3.98. The van der Waals surface area contributed by atoms with Crippen molar-refractivity contribution in [3.05, 3.63) is 96.2 Å². The molecule has 0 radical (unpaired) electrons. The predicted molar refractivity (Wildman–Crippen MR) is 134 cm³/mol. The first-order valence-corrected chi connectivity index (χ1v) is 12.0. The molecule has 8 nitrogen and oxygen atoms in total. The van der Waals surface area contributed by atoms with E-state index in [0.29, 0.717) is 16.9 Å². The Bertz CT molecular complexity index is 1670. The van der Waals surface area contributed by atoms with Gasteiger partial charge in [0.15, 0.2) is 11.6 Å². The Morgan fingerprint density at radius 2 is 1.47 bits per heavy atom. The normalized spacial score (nSPS) is 13.4. The molecule has 0 saturated carbocycles. The number of benzene rings is 4. The molecule has 0 atom stereocenters. The first-order chi connectivity index (χ1) is 16.5. The van der Waals surface area contributed by atoms with Crippen molar-refractivity contribution in [2.45, 2.75) is 4.90 Å². The van der Waals surface area contributed by atoms with Gasteiger partial charge in [0.2, 0.25) is 0 Å². The number of hydrogen-bond donors (Lipinski definition) is 1. The average molecular weight is 469 g/mol. The molecule has 5 aromatic rings. The number of hydrogen-bond acceptors (Lipinski definition) is 7. The number of aromatic nitrogens is 2. The van der Waals surface area contributed by atoms with Gasteiger partial charge in [0.25, 0.3) is 10.0 Å². The number of para-hydroxylation sites is 2. The maximum Gasteiger partial charge on any atom is 0.267 e. The molecule has 168 valence electrons. The molecule has 34 heavy (non-hydrogen) atoms. The summed E-state index contributed by atoms with van der Waals surface area (Å²) in [5.74, 6) is 0.697. The molecule has 0 spiro atoms. The first-order valence-electron chi connectivity index (χ1n) is 10.6.